The molecule has 1 atom stereocenters. The molecule has 0 spiro atoms. The number of hydrogen-bond donors (Lipinski definition) is 0. The molecule has 3 heteroatoms. The third-order valence-electron chi connectivity index (χ3n) is 3.66. The van der Waals surface area contributed by atoms with Gasteiger partial charge in [-0.2, -0.15) is 0 Å². The van der Waals surface area contributed by atoms with Crippen molar-refractivity contribution in [3.63, 3.8) is 0 Å². The number of alkyl halides is 1. The lowest BCUT2D eigenvalue weighted by atomic mass is 10.1. The summed E-state index contributed by atoms with van der Waals surface area (Å²) < 4.78 is 0. The Kier molecular flexibility index (Phi) is 4.65. The molecule has 1 aromatic carbocycles. The first-order valence-corrected chi connectivity index (χ1v) is 7.38. The van der Waals surface area contributed by atoms with E-state index in [2.05, 4.69) is 37.9 Å². The molecular formula is C16H21ClN2. The van der Waals surface area contributed by atoms with E-state index >= 15 is 0 Å². The zero-order chi connectivity index (χ0) is 13.8. The summed E-state index contributed by atoms with van der Waals surface area (Å²) >= 11 is 6.08. The maximum atomic E-state index is 6.08. The molecule has 1 aromatic heterocycles. The zero-order valence-electron chi connectivity index (χ0n) is 11.9. The van der Waals surface area contributed by atoms with Crippen molar-refractivity contribution in [1.29, 1.82) is 0 Å². The molecular weight excluding hydrogens is 256 g/mol. The molecule has 0 saturated heterocycles. The SMILES string of the molecule is CCCC(C)N(C)c1cc(CCl)c2ccccc2n1. The molecule has 2 rings (SSSR count). The maximum Gasteiger partial charge on any atom is 0.129 e. The van der Waals surface area contributed by atoms with Gasteiger partial charge >= 0.3 is 0 Å². The first kappa shape index (κ1) is 14.1. The normalized spacial score (nSPS) is 12.6. The fourth-order valence-corrected chi connectivity index (χ4v) is 2.58. The molecule has 0 N–H and O–H groups in total. The molecule has 0 radical (unpaired) electrons. The molecule has 0 bridgehead atoms. The van der Waals surface area contributed by atoms with Crippen LogP contribution in [0.5, 0.6) is 0 Å². The Morgan fingerprint density at radius 3 is 2.74 bits per heavy atom. The van der Waals surface area contributed by atoms with Crippen molar-refractivity contribution in [2.24, 2.45) is 0 Å². The van der Waals surface area contributed by atoms with Crippen molar-refractivity contribution in [2.45, 2.75) is 38.6 Å². The fourth-order valence-electron chi connectivity index (χ4n) is 2.36. The van der Waals surface area contributed by atoms with Gasteiger partial charge in [0.25, 0.3) is 0 Å². The lowest BCUT2D eigenvalue weighted by molar-refractivity contribution is 0.612. The standard InChI is InChI=1S/C16H21ClN2/c1-4-7-12(2)19(3)16-10-13(11-17)14-8-5-6-9-15(14)18-16/h5-6,8-10,12H,4,7,11H2,1-3H3. The highest BCUT2D eigenvalue weighted by Crippen LogP contribution is 2.25. The molecule has 19 heavy (non-hydrogen) atoms. The van der Waals surface area contributed by atoms with Crippen molar-refractivity contribution < 1.29 is 0 Å². The van der Waals surface area contributed by atoms with Crippen LogP contribution in [0.1, 0.15) is 32.3 Å². The predicted molar refractivity (Wildman–Crippen MR) is 84.1 cm³/mol. The fraction of sp³-hybridized carbons (Fsp3) is 0.438. The topological polar surface area (TPSA) is 16.1 Å². The van der Waals surface area contributed by atoms with Crippen molar-refractivity contribution >= 4 is 28.3 Å². The van der Waals surface area contributed by atoms with Gasteiger partial charge in [0, 0.05) is 24.4 Å². The van der Waals surface area contributed by atoms with E-state index in [4.69, 9.17) is 16.6 Å². The summed E-state index contributed by atoms with van der Waals surface area (Å²) in [5.41, 5.74) is 2.17. The Bertz CT molecular complexity index is 553. The molecule has 1 unspecified atom stereocenters. The van der Waals surface area contributed by atoms with E-state index in [9.17, 15) is 0 Å². The molecule has 2 aromatic rings. The Morgan fingerprint density at radius 2 is 2.05 bits per heavy atom. The molecule has 0 aliphatic heterocycles. The monoisotopic (exact) mass is 276 g/mol. The second-order valence-electron chi connectivity index (χ2n) is 5.04. The molecule has 102 valence electrons. The first-order valence-electron chi connectivity index (χ1n) is 6.84. The van der Waals surface area contributed by atoms with Gasteiger partial charge in [-0.15, -0.1) is 11.6 Å². The lowest BCUT2D eigenvalue weighted by Gasteiger charge is -2.26. The summed E-state index contributed by atoms with van der Waals surface area (Å²) in [7, 11) is 2.11. The van der Waals surface area contributed by atoms with Crippen LogP contribution < -0.4 is 4.90 Å². The van der Waals surface area contributed by atoms with E-state index in [1.54, 1.807) is 0 Å². The summed E-state index contributed by atoms with van der Waals surface area (Å²) in [5, 5.41) is 1.15. The Balaban J connectivity index is 2.44. The van der Waals surface area contributed by atoms with Crippen LogP contribution in [0.15, 0.2) is 30.3 Å². The number of para-hydroxylation sites is 1. The van der Waals surface area contributed by atoms with Crippen LogP contribution in [0.4, 0.5) is 5.82 Å². The van der Waals surface area contributed by atoms with Crippen LogP contribution in [0.25, 0.3) is 10.9 Å². The summed E-state index contributed by atoms with van der Waals surface area (Å²) in [6.07, 6.45) is 2.35. The second kappa shape index (κ2) is 6.25. The molecule has 0 aliphatic rings. The third kappa shape index (κ3) is 3.01. The van der Waals surface area contributed by atoms with Crippen LogP contribution in [-0.4, -0.2) is 18.1 Å². The third-order valence-corrected chi connectivity index (χ3v) is 3.95. The first-order chi connectivity index (χ1) is 9.17. The lowest BCUT2D eigenvalue weighted by Crippen LogP contribution is -2.29. The van der Waals surface area contributed by atoms with E-state index in [1.165, 1.54) is 12.8 Å². The van der Waals surface area contributed by atoms with Gasteiger partial charge in [-0.3, -0.25) is 0 Å². The minimum Gasteiger partial charge on any atom is -0.357 e. The summed E-state index contributed by atoms with van der Waals surface area (Å²) in [6, 6.07) is 10.8. The summed E-state index contributed by atoms with van der Waals surface area (Å²) in [4.78, 5) is 7.00. The summed E-state index contributed by atoms with van der Waals surface area (Å²) in [6.45, 7) is 4.45. The highest BCUT2D eigenvalue weighted by atomic mass is 35.5. The van der Waals surface area contributed by atoms with E-state index in [-0.39, 0.29) is 0 Å². The number of benzene rings is 1. The molecule has 0 aliphatic carbocycles. The molecule has 2 nitrogen and oxygen atoms in total. The number of hydrogen-bond acceptors (Lipinski definition) is 2. The van der Waals surface area contributed by atoms with Gasteiger partial charge < -0.3 is 4.90 Å². The smallest absolute Gasteiger partial charge is 0.129 e. The minimum absolute atomic E-state index is 0.488. The van der Waals surface area contributed by atoms with Crippen molar-refractivity contribution in [2.75, 3.05) is 11.9 Å². The summed E-state index contributed by atoms with van der Waals surface area (Å²) in [5.74, 6) is 1.53. The predicted octanol–water partition coefficient (Wildman–Crippen LogP) is 4.60. The van der Waals surface area contributed by atoms with Crippen LogP contribution in [-0.2, 0) is 5.88 Å². The van der Waals surface area contributed by atoms with Crippen LogP contribution >= 0.6 is 11.6 Å². The van der Waals surface area contributed by atoms with Gasteiger partial charge in [0.05, 0.1) is 5.52 Å². The number of nitrogens with zero attached hydrogens (tertiary/aromatic N) is 2. The van der Waals surface area contributed by atoms with Gasteiger partial charge in [-0.25, -0.2) is 4.98 Å². The van der Waals surface area contributed by atoms with Crippen LogP contribution in [0, 0.1) is 0 Å². The van der Waals surface area contributed by atoms with Gasteiger partial charge in [-0.05, 0) is 31.0 Å². The number of aromatic nitrogens is 1. The van der Waals surface area contributed by atoms with Crippen molar-refractivity contribution in [1.82, 2.24) is 4.98 Å². The maximum absolute atomic E-state index is 6.08. The number of rotatable bonds is 5. The Hall–Kier alpha value is -1.28. The average molecular weight is 277 g/mol. The van der Waals surface area contributed by atoms with Crippen molar-refractivity contribution in [3.8, 4) is 0 Å². The van der Waals surface area contributed by atoms with E-state index < -0.39 is 0 Å². The van der Waals surface area contributed by atoms with Crippen molar-refractivity contribution in [3.05, 3.63) is 35.9 Å². The van der Waals surface area contributed by atoms with E-state index in [0.717, 1.165) is 22.3 Å². The largest absolute Gasteiger partial charge is 0.357 e. The van der Waals surface area contributed by atoms with E-state index in [1.807, 2.05) is 18.2 Å². The zero-order valence-corrected chi connectivity index (χ0v) is 12.6. The Morgan fingerprint density at radius 1 is 1.32 bits per heavy atom. The molecule has 0 amide bonds. The number of pyridine rings is 1. The van der Waals surface area contributed by atoms with E-state index in [0.29, 0.717) is 11.9 Å². The highest BCUT2D eigenvalue weighted by molar-refractivity contribution is 6.18. The number of fused-ring (bicyclic) bond motifs is 1. The molecule has 1 heterocycles. The van der Waals surface area contributed by atoms with Crippen LogP contribution in [0.2, 0.25) is 0 Å². The van der Waals surface area contributed by atoms with Gasteiger partial charge in [0.1, 0.15) is 5.82 Å². The Labute approximate surface area is 120 Å². The number of anilines is 1. The van der Waals surface area contributed by atoms with Gasteiger partial charge in [-0.1, -0.05) is 31.5 Å². The average Bonchev–Trinajstić information content (AvgIpc) is 2.45. The van der Waals surface area contributed by atoms with Gasteiger partial charge in [0.15, 0.2) is 0 Å². The quantitative estimate of drug-likeness (QED) is 0.742. The number of halogens is 1. The molecule has 0 saturated carbocycles. The van der Waals surface area contributed by atoms with Crippen LogP contribution in [0.3, 0.4) is 0 Å². The van der Waals surface area contributed by atoms with Gasteiger partial charge in [0.2, 0.25) is 0 Å². The second-order valence-corrected chi connectivity index (χ2v) is 5.31. The molecule has 0 fully saturated rings. The minimum atomic E-state index is 0.488. The highest BCUT2D eigenvalue weighted by Gasteiger charge is 2.12.